The standard InChI is InChI=1S/C25H31F3N2O4/c1-3-33-22(31)16-5-4-10-29(13-16)19-8-9-24(12-19)15(2)21-30(23(24)32)14-17-11-18(25(26,27)28)6-7-20(17)34-21/h6-7,11,15-16,19,21H,3-5,8-10,12-14H2,1-2H3/t15?,16?,19-,21?,24+/m1/s1. The van der Waals surface area contributed by atoms with Crippen LogP contribution >= 0.6 is 0 Å². The van der Waals surface area contributed by atoms with E-state index >= 15 is 0 Å². The topological polar surface area (TPSA) is 59.1 Å². The number of benzene rings is 1. The Morgan fingerprint density at radius 2 is 2.09 bits per heavy atom. The predicted octanol–water partition coefficient (Wildman–Crippen LogP) is 4.22. The van der Waals surface area contributed by atoms with Gasteiger partial charge in [0.15, 0.2) is 6.23 Å². The number of esters is 1. The number of nitrogens with zero attached hydrogens (tertiary/aromatic N) is 2. The summed E-state index contributed by atoms with van der Waals surface area (Å²) < 4.78 is 50.9. The van der Waals surface area contributed by atoms with Gasteiger partial charge in [0, 0.05) is 24.1 Å². The van der Waals surface area contributed by atoms with Crippen LogP contribution in [0.3, 0.4) is 0 Å². The maximum absolute atomic E-state index is 13.7. The first kappa shape index (κ1) is 23.5. The summed E-state index contributed by atoms with van der Waals surface area (Å²) in [7, 11) is 0. The maximum Gasteiger partial charge on any atom is 0.416 e. The van der Waals surface area contributed by atoms with Crippen molar-refractivity contribution in [2.45, 2.75) is 70.9 Å². The highest BCUT2D eigenvalue weighted by atomic mass is 19.4. The molecule has 34 heavy (non-hydrogen) atoms. The van der Waals surface area contributed by atoms with Crippen LogP contribution in [-0.2, 0) is 27.0 Å². The Kier molecular flexibility index (Phi) is 5.81. The summed E-state index contributed by atoms with van der Waals surface area (Å²) in [6, 6.07) is 3.70. The first-order chi connectivity index (χ1) is 16.1. The molecule has 1 aromatic rings. The molecule has 3 fully saturated rings. The Morgan fingerprint density at radius 1 is 1.29 bits per heavy atom. The van der Waals surface area contributed by atoms with Gasteiger partial charge in [-0.3, -0.25) is 14.5 Å². The molecule has 6 nitrogen and oxygen atoms in total. The van der Waals surface area contributed by atoms with Crippen molar-refractivity contribution in [3.05, 3.63) is 29.3 Å². The third-order valence-corrected chi connectivity index (χ3v) is 8.38. The van der Waals surface area contributed by atoms with Crippen molar-refractivity contribution in [3.8, 4) is 5.75 Å². The van der Waals surface area contributed by atoms with Crippen LogP contribution < -0.4 is 4.74 Å². The highest BCUT2D eigenvalue weighted by molar-refractivity contribution is 5.86. The van der Waals surface area contributed by atoms with Crippen molar-refractivity contribution in [2.75, 3.05) is 19.7 Å². The molecule has 2 saturated heterocycles. The average Bonchev–Trinajstić information content (AvgIpc) is 3.35. The molecular formula is C25H31F3N2O4. The summed E-state index contributed by atoms with van der Waals surface area (Å²) in [5.41, 5.74) is -0.919. The number of carbonyl (C=O) groups excluding carboxylic acids is 2. The molecule has 0 aromatic heterocycles. The van der Waals surface area contributed by atoms with E-state index in [1.165, 1.54) is 6.07 Å². The van der Waals surface area contributed by atoms with Crippen LogP contribution in [0.15, 0.2) is 18.2 Å². The molecule has 3 aliphatic heterocycles. The molecule has 1 spiro atoms. The van der Waals surface area contributed by atoms with Gasteiger partial charge in [-0.05, 0) is 63.8 Å². The Bertz CT molecular complexity index is 983. The summed E-state index contributed by atoms with van der Waals surface area (Å²) >= 11 is 0. The molecule has 1 aliphatic carbocycles. The van der Waals surface area contributed by atoms with Crippen LogP contribution in [0.2, 0.25) is 0 Å². The van der Waals surface area contributed by atoms with E-state index in [1.54, 1.807) is 4.90 Å². The Morgan fingerprint density at radius 3 is 2.82 bits per heavy atom. The molecule has 1 saturated carbocycles. The monoisotopic (exact) mass is 480 g/mol. The SMILES string of the molecule is CCOC(=O)C1CCCN([C@@H]2CC[C@@]3(C2)C(=O)N2Cc4cc(C(F)(F)F)ccc4OC2C3C)C1. The van der Waals surface area contributed by atoms with Gasteiger partial charge in [0.1, 0.15) is 5.75 Å². The maximum atomic E-state index is 13.7. The highest BCUT2D eigenvalue weighted by Crippen LogP contribution is 2.55. The lowest BCUT2D eigenvalue weighted by Gasteiger charge is -2.37. The van der Waals surface area contributed by atoms with E-state index in [-0.39, 0.29) is 36.3 Å². The number of hydrogen-bond acceptors (Lipinski definition) is 5. The largest absolute Gasteiger partial charge is 0.470 e. The van der Waals surface area contributed by atoms with Crippen molar-refractivity contribution in [1.82, 2.24) is 9.80 Å². The van der Waals surface area contributed by atoms with Gasteiger partial charge in [-0.2, -0.15) is 13.2 Å². The third-order valence-electron chi connectivity index (χ3n) is 8.38. The number of amides is 1. The first-order valence-electron chi connectivity index (χ1n) is 12.2. The first-order valence-corrected chi connectivity index (χ1v) is 12.2. The van der Waals surface area contributed by atoms with Crippen molar-refractivity contribution >= 4 is 11.9 Å². The highest BCUT2D eigenvalue weighted by Gasteiger charge is 2.62. The van der Waals surface area contributed by atoms with Crippen molar-refractivity contribution in [3.63, 3.8) is 0 Å². The Labute approximate surface area is 197 Å². The number of halogens is 3. The van der Waals surface area contributed by atoms with Crippen molar-refractivity contribution < 1.29 is 32.2 Å². The lowest BCUT2D eigenvalue weighted by molar-refractivity contribution is -0.150. The number of fused-ring (bicyclic) bond motifs is 2. The molecule has 186 valence electrons. The van der Waals surface area contributed by atoms with Crippen LogP contribution in [-0.4, -0.2) is 53.6 Å². The second-order valence-corrected chi connectivity index (χ2v) is 10.2. The van der Waals surface area contributed by atoms with Gasteiger partial charge in [0.2, 0.25) is 5.91 Å². The van der Waals surface area contributed by atoms with E-state index in [1.807, 2.05) is 13.8 Å². The minimum atomic E-state index is -4.44. The van der Waals surface area contributed by atoms with Crippen molar-refractivity contribution in [2.24, 2.45) is 17.3 Å². The average molecular weight is 481 g/mol. The van der Waals surface area contributed by atoms with Gasteiger partial charge in [0.05, 0.1) is 30.0 Å². The van der Waals surface area contributed by atoms with Gasteiger partial charge >= 0.3 is 12.1 Å². The fourth-order valence-electron chi connectivity index (χ4n) is 6.53. The molecule has 3 unspecified atom stereocenters. The van der Waals surface area contributed by atoms with Crippen LogP contribution in [0.25, 0.3) is 0 Å². The number of alkyl halides is 3. The molecule has 9 heteroatoms. The second kappa shape index (κ2) is 8.43. The Balaban J connectivity index is 1.32. The summed E-state index contributed by atoms with van der Waals surface area (Å²) in [6.45, 7) is 5.89. The lowest BCUT2D eigenvalue weighted by atomic mass is 9.76. The van der Waals surface area contributed by atoms with Crippen molar-refractivity contribution in [1.29, 1.82) is 0 Å². The van der Waals surface area contributed by atoms with Gasteiger partial charge in [-0.1, -0.05) is 6.92 Å². The minimum absolute atomic E-state index is 0.0190. The quantitative estimate of drug-likeness (QED) is 0.607. The zero-order chi connectivity index (χ0) is 24.3. The number of likely N-dealkylation sites (tertiary alicyclic amines) is 1. The molecule has 1 amide bonds. The molecule has 3 heterocycles. The van der Waals surface area contributed by atoms with Crippen LogP contribution in [0.4, 0.5) is 13.2 Å². The van der Waals surface area contributed by atoms with Crippen LogP contribution in [0.1, 0.15) is 57.1 Å². The molecule has 0 N–H and O–H groups in total. The normalized spacial score (nSPS) is 33.6. The zero-order valence-corrected chi connectivity index (χ0v) is 19.6. The van der Waals surface area contributed by atoms with E-state index in [0.29, 0.717) is 30.9 Å². The third kappa shape index (κ3) is 3.76. The molecule has 4 aliphatic rings. The minimum Gasteiger partial charge on any atom is -0.470 e. The van der Waals surface area contributed by atoms with E-state index in [4.69, 9.17) is 9.47 Å². The summed E-state index contributed by atoms with van der Waals surface area (Å²) in [5.74, 6) is 0.0510. The fourth-order valence-corrected chi connectivity index (χ4v) is 6.53. The van der Waals surface area contributed by atoms with E-state index in [9.17, 15) is 22.8 Å². The molecule has 0 radical (unpaired) electrons. The summed E-state index contributed by atoms with van der Waals surface area (Å²) in [6.07, 6.45) is -0.900. The summed E-state index contributed by atoms with van der Waals surface area (Å²) in [4.78, 5) is 29.9. The molecule has 5 rings (SSSR count). The van der Waals surface area contributed by atoms with Gasteiger partial charge in [-0.15, -0.1) is 0 Å². The number of hydrogen-bond donors (Lipinski definition) is 0. The van der Waals surface area contributed by atoms with E-state index in [2.05, 4.69) is 4.90 Å². The van der Waals surface area contributed by atoms with Gasteiger partial charge < -0.3 is 14.4 Å². The van der Waals surface area contributed by atoms with E-state index < -0.39 is 23.4 Å². The van der Waals surface area contributed by atoms with Gasteiger partial charge in [-0.25, -0.2) is 0 Å². The fraction of sp³-hybridized carbons (Fsp3) is 0.680. The number of rotatable bonds is 3. The zero-order valence-electron chi connectivity index (χ0n) is 19.6. The predicted molar refractivity (Wildman–Crippen MR) is 117 cm³/mol. The smallest absolute Gasteiger partial charge is 0.416 e. The number of ether oxygens (including phenoxy) is 2. The molecule has 0 bridgehead atoms. The Hall–Kier alpha value is -2.29. The van der Waals surface area contributed by atoms with Crippen LogP contribution in [0, 0.1) is 17.3 Å². The molecular weight excluding hydrogens is 449 g/mol. The lowest BCUT2D eigenvalue weighted by Crippen LogP contribution is -2.45. The summed E-state index contributed by atoms with van der Waals surface area (Å²) in [5, 5.41) is 0. The molecule has 5 atom stereocenters. The van der Waals surface area contributed by atoms with Crippen LogP contribution in [0.5, 0.6) is 5.75 Å². The second-order valence-electron chi connectivity index (χ2n) is 10.2. The number of piperidine rings is 1. The van der Waals surface area contributed by atoms with Gasteiger partial charge in [0.25, 0.3) is 0 Å². The number of carbonyl (C=O) groups is 2. The van der Waals surface area contributed by atoms with E-state index in [0.717, 1.165) is 44.4 Å². The molecule has 1 aromatic carbocycles.